The van der Waals surface area contributed by atoms with Crippen molar-refractivity contribution in [2.24, 2.45) is 0 Å². The van der Waals surface area contributed by atoms with Gasteiger partial charge in [0.25, 0.3) is 5.91 Å². The number of nitrogens with one attached hydrogen (secondary N) is 2. The van der Waals surface area contributed by atoms with Crippen molar-refractivity contribution in [3.05, 3.63) is 41.2 Å². The maximum absolute atomic E-state index is 11.9. The standard InChI is InChI=1S/C13H13N3O4/c1-7-5-11(16-15-7)12(17)14-10-4-3-8(20-2)6-9(10)13(18)19/h3-6H,1-2H3,(H,14,17)(H,15,16)(H,18,19). The Morgan fingerprint density at radius 1 is 1.35 bits per heavy atom. The van der Waals surface area contributed by atoms with Crippen LogP contribution in [0.3, 0.4) is 0 Å². The lowest BCUT2D eigenvalue weighted by atomic mass is 10.1. The molecule has 0 unspecified atom stereocenters. The first-order valence-corrected chi connectivity index (χ1v) is 5.76. The van der Waals surface area contributed by atoms with Gasteiger partial charge in [-0.05, 0) is 31.2 Å². The minimum absolute atomic E-state index is 0.0510. The van der Waals surface area contributed by atoms with Crippen LogP contribution in [0.5, 0.6) is 5.75 Å². The summed E-state index contributed by atoms with van der Waals surface area (Å²) in [6.07, 6.45) is 0. The summed E-state index contributed by atoms with van der Waals surface area (Å²) in [5.74, 6) is -1.24. The third-order valence-electron chi connectivity index (χ3n) is 2.64. The van der Waals surface area contributed by atoms with Crippen molar-refractivity contribution in [1.82, 2.24) is 10.2 Å². The summed E-state index contributed by atoms with van der Waals surface area (Å²) < 4.78 is 4.96. The van der Waals surface area contributed by atoms with Crippen molar-refractivity contribution in [2.75, 3.05) is 12.4 Å². The van der Waals surface area contributed by atoms with E-state index in [-0.39, 0.29) is 16.9 Å². The molecule has 1 aromatic carbocycles. The molecule has 1 heterocycles. The minimum atomic E-state index is -1.16. The van der Waals surface area contributed by atoms with Crippen LogP contribution in [-0.2, 0) is 0 Å². The second-order valence-corrected chi connectivity index (χ2v) is 4.11. The molecule has 7 nitrogen and oxygen atoms in total. The lowest BCUT2D eigenvalue weighted by Gasteiger charge is -2.09. The van der Waals surface area contributed by atoms with E-state index < -0.39 is 11.9 Å². The van der Waals surface area contributed by atoms with Gasteiger partial charge in [0.2, 0.25) is 0 Å². The minimum Gasteiger partial charge on any atom is -0.497 e. The fourth-order valence-electron chi connectivity index (χ4n) is 1.66. The molecule has 7 heteroatoms. The number of aromatic carboxylic acids is 1. The summed E-state index contributed by atoms with van der Waals surface area (Å²) in [4.78, 5) is 23.1. The normalized spacial score (nSPS) is 10.1. The summed E-state index contributed by atoms with van der Waals surface area (Å²) in [6.45, 7) is 1.76. The lowest BCUT2D eigenvalue weighted by Crippen LogP contribution is -2.15. The lowest BCUT2D eigenvalue weighted by molar-refractivity contribution is 0.0697. The Hall–Kier alpha value is -2.83. The fraction of sp³-hybridized carbons (Fsp3) is 0.154. The molecule has 2 rings (SSSR count). The number of carbonyl (C=O) groups is 2. The number of nitrogens with zero attached hydrogens (tertiary/aromatic N) is 1. The maximum atomic E-state index is 11.9. The Morgan fingerprint density at radius 3 is 2.65 bits per heavy atom. The van der Waals surface area contributed by atoms with Crippen LogP contribution in [0, 0.1) is 6.92 Å². The molecule has 0 saturated carbocycles. The predicted molar refractivity (Wildman–Crippen MR) is 71.2 cm³/mol. The molecule has 0 bridgehead atoms. The van der Waals surface area contributed by atoms with Gasteiger partial charge in [-0.25, -0.2) is 4.79 Å². The summed E-state index contributed by atoms with van der Waals surface area (Å²) in [5.41, 5.74) is 1.06. The molecule has 0 saturated heterocycles. The Balaban J connectivity index is 2.29. The van der Waals surface area contributed by atoms with Crippen LogP contribution >= 0.6 is 0 Å². The largest absolute Gasteiger partial charge is 0.497 e. The van der Waals surface area contributed by atoms with E-state index in [1.54, 1.807) is 19.1 Å². The average Bonchev–Trinajstić information content (AvgIpc) is 2.85. The second-order valence-electron chi connectivity index (χ2n) is 4.11. The van der Waals surface area contributed by atoms with Gasteiger partial charge in [-0.15, -0.1) is 0 Å². The molecule has 104 valence electrons. The summed E-state index contributed by atoms with van der Waals surface area (Å²) in [6, 6.07) is 5.95. The number of rotatable bonds is 4. The molecule has 3 N–H and O–H groups in total. The van der Waals surface area contributed by atoms with E-state index in [1.807, 2.05) is 0 Å². The van der Waals surface area contributed by atoms with Gasteiger partial charge in [-0.3, -0.25) is 9.89 Å². The molecule has 1 aromatic heterocycles. The highest BCUT2D eigenvalue weighted by Gasteiger charge is 2.16. The van der Waals surface area contributed by atoms with E-state index in [4.69, 9.17) is 9.84 Å². The van der Waals surface area contributed by atoms with Crippen LogP contribution in [0.1, 0.15) is 26.5 Å². The second kappa shape index (κ2) is 5.43. The maximum Gasteiger partial charge on any atom is 0.337 e. The van der Waals surface area contributed by atoms with Crippen LogP contribution in [0.2, 0.25) is 0 Å². The Labute approximate surface area is 114 Å². The third kappa shape index (κ3) is 2.77. The molecule has 0 atom stereocenters. The van der Waals surface area contributed by atoms with Crippen molar-refractivity contribution in [3.63, 3.8) is 0 Å². The number of amides is 1. The Kier molecular flexibility index (Phi) is 3.69. The first kappa shape index (κ1) is 13.6. The van der Waals surface area contributed by atoms with Crippen LogP contribution in [0.15, 0.2) is 24.3 Å². The molecular formula is C13H13N3O4. The first-order valence-electron chi connectivity index (χ1n) is 5.76. The molecule has 20 heavy (non-hydrogen) atoms. The topological polar surface area (TPSA) is 104 Å². The zero-order chi connectivity index (χ0) is 14.7. The van der Waals surface area contributed by atoms with Crippen molar-refractivity contribution in [3.8, 4) is 5.75 Å². The predicted octanol–water partition coefficient (Wildman–Crippen LogP) is 1.68. The van der Waals surface area contributed by atoms with E-state index in [0.717, 1.165) is 5.69 Å². The number of ether oxygens (including phenoxy) is 1. The SMILES string of the molecule is COc1ccc(NC(=O)c2cc(C)[nH]n2)c(C(=O)O)c1. The quantitative estimate of drug-likeness (QED) is 0.787. The summed E-state index contributed by atoms with van der Waals surface area (Å²) in [5, 5.41) is 18.1. The van der Waals surface area contributed by atoms with Crippen LogP contribution < -0.4 is 10.1 Å². The van der Waals surface area contributed by atoms with E-state index in [0.29, 0.717) is 5.75 Å². The molecule has 0 radical (unpaired) electrons. The molecule has 2 aromatic rings. The zero-order valence-corrected chi connectivity index (χ0v) is 10.9. The number of aromatic nitrogens is 2. The number of H-pyrrole nitrogens is 1. The Morgan fingerprint density at radius 2 is 2.10 bits per heavy atom. The number of benzene rings is 1. The van der Waals surface area contributed by atoms with Gasteiger partial charge in [0.15, 0.2) is 5.69 Å². The van der Waals surface area contributed by atoms with Crippen molar-refractivity contribution in [1.29, 1.82) is 0 Å². The number of methoxy groups -OCH3 is 1. The molecular weight excluding hydrogens is 262 g/mol. The van der Waals surface area contributed by atoms with Crippen molar-refractivity contribution >= 4 is 17.6 Å². The highest BCUT2D eigenvalue weighted by Crippen LogP contribution is 2.22. The van der Waals surface area contributed by atoms with Gasteiger partial charge >= 0.3 is 5.97 Å². The van der Waals surface area contributed by atoms with E-state index >= 15 is 0 Å². The van der Waals surface area contributed by atoms with Crippen LogP contribution in [-0.4, -0.2) is 34.3 Å². The average molecular weight is 275 g/mol. The molecule has 1 amide bonds. The first-order chi connectivity index (χ1) is 9.51. The van der Waals surface area contributed by atoms with E-state index in [2.05, 4.69) is 15.5 Å². The van der Waals surface area contributed by atoms with Gasteiger partial charge in [-0.1, -0.05) is 0 Å². The third-order valence-corrected chi connectivity index (χ3v) is 2.64. The van der Waals surface area contributed by atoms with E-state index in [1.165, 1.54) is 19.2 Å². The summed E-state index contributed by atoms with van der Waals surface area (Å²) in [7, 11) is 1.44. The molecule has 0 fully saturated rings. The monoisotopic (exact) mass is 275 g/mol. The summed E-state index contributed by atoms with van der Waals surface area (Å²) >= 11 is 0. The van der Waals surface area contributed by atoms with Gasteiger partial charge in [0.1, 0.15) is 5.75 Å². The fourth-order valence-corrected chi connectivity index (χ4v) is 1.66. The van der Waals surface area contributed by atoms with Gasteiger partial charge < -0.3 is 15.2 Å². The van der Waals surface area contributed by atoms with Crippen molar-refractivity contribution < 1.29 is 19.4 Å². The number of hydrogen-bond donors (Lipinski definition) is 3. The van der Waals surface area contributed by atoms with Gasteiger partial charge in [0, 0.05) is 5.69 Å². The Bertz CT molecular complexity index is 663. The molecule has 0 aliphatic heterocycles. The number of hydrogen-bond acceptors (Lipinski definition) is 4. The van der Waals surface area contributed by atoms with Crippen LogP contribution in [0.4, 0.5) is 5.69 Å². The molecule has 0 spiro atoms. The number of aromatic amines is 1. The number of anilines is 1. The van der Waals surface area contributed by atoms with Gasteiger partial charge in [-0.2, -0.15) is 5.10 Å². The number of aryl methyl sites for hydroxylation is 1. The highest BCUT2D eigenvalue weighted by atomic mass is 16.5. The number of carboxylic acid groups (broad SMARTS) is 1. The number of carboxylic acids is 1. The van der Waals surface area contributed by atoms with Gasteiger partial charge in [0.05, 0.1) is 18.4 Å². The van der Waals surface area contributed by atoms with Crippen molar-refractivity contribution in [2.45, 2.75) is 6.92 Å². The van der Waals surface area contributed by atoms with E-state index in [9.17, 15) is 9.59 Å². The zero-order valence-electron chi connectivity index (χ0n) is 10.9. The highest BCUT2D eigenvalue weighted by molar-refractivity contribution is 6.06. The smallest absolute Gasteiger partial charge is 0.337 e. The number of carbonyl (C=O) groups excluding carboxylic acids is 1. The molecule has 0 aliphatic carbocycles. The van der Waals surface area contributed by atoms with Crippen LogP contribution in [0.25, 0.3) is 0 Å². The molecule has 0 aliphatic rings.